The van der Waals surface area contributed by atoms with Crippen LogP contribution < -0.4 is 85.1 Å². The summed E-state index contributed by atoms with van der Waals surface area (Å²) in [6, 6.07) is 23.7. The van der Waals surface area contributed by atoms with Crippen molar-refractivity contribution >= 4 is 34.5 Å². The van der Waals surface area contributed by atoms with Crippen molar-refractivity contribution in [2.75, 3.05) is 43.4 Å². The number of fused-ring (bicyclic) bond motifs is 4. The number of quaternary nitrogens is 2. The minimum atomic E-state index is -0.933. The zero-order chi connectivity index (χ0) is 45.7. The Hall–Kier alpha value is -5.08. The van der Waals surface area contributed by atoms with Gasteiger partial charge < -0.3 is 70.9 Å². The van der Waals surface area contributed by atoms with Crippen molar-refractivity contribution in [3.63, 3.8) is 0 Å². The predicted octanol–water partition coefficient (Wildman–Crippen LogP) is 0.180. The number of carbonyl (C=O) groups excluding carboxylic acids is 1. The Morgan fingerprint density at radius 2 is 1.04 bits per heavy atom. The summed E-state index contributed by atoms with van der Waals surface area (Å²) in [6.45, 7) is 22.6. The third kappa shape index (κ3) is 12.6. The van der Waals surface area contributed by atoms with Crippen LogP contribution in [0.2, 0.25) is 0 Å². The summed E-state index contributed by atoms with van der Waals surface area (Å²) >= 11 is 0. The Bertz CT molecular complexity index is 2710. The van der Waals surface area contributed by atoms with Crippen molar-refractivity contribution in [1.82, 2.24) is 0 Å². The van der Waals surface area contributed by atoms with Crippen molar-refractivity contribution in [2.45, 2.75) is 81.8 Å². The Morgan fingerprint density at radius 3 is 1.43 bits per heavy atom. The van der Waals surface area contributed by atoms with E-state index in [0.717, 1.165) is 111 Å². The van der Waals surface area contributed by atoms with Gasteiger partial charge in [0.05, 0.1) is 30.8 Å². The number of hydrogen-bond acceptors (Lipinski definition) is 8. The molecule has 2 aliphatic heterocycles. The molecule has 14 heteroatoms. The van der Waals surface area contributed by atoms with Gasteiger partial charge in [0.1, 0.15) is 35.1 Å². The van der Waals surface area contributed by atoms with E-state index in [2.05, 4.69) is 119 Å². The molecule has 11 nitrogen and oxygen atoms in total. The quantitative estimate of drug-likeness (QED) is 0.0928. The molecule has 0 fully saturated rings. The zero-order valence-corrected chi connectivity index (χ0v) is 44.3. The second-order valence-corrected chi connectivity index (χ2v) is 16.5. The molecule has 2 aliphatic carbocycles. The smallest absolute Gasteiger partial charge is 1.00 e. The molecule has 0 aromatic heterocycles. The van der Waals surface area contributed by atoms with Gasteiger partial charge in [-0.3, -0.25) is 0 Å². The van der Waals surface area contributed by atoms with Gasteiger partial charge in [0.15, 0.2) is 0 Å². The Kier molecular flexibility index (Phi) is 23.3. The number of carbonyl (C=O) groups is 2. The molecule has 0 spiro atoms. The minimum Gasteiger partial charge on any atom is -1.00 e. The monoisotopic (exact) mass is 988 g/mol. The molecule has 0 bridgehead atoms. The van der Waals surface area contributed by atoms with Crippen molar-refractivity contribution in [2.24, 2.45) is 0 Å². The Morgan fingerprint density at radius 1 is 0.638 bits per heavy atom. The Labute approximate surface area is 443 Å². The van der Waals surface area contributed by atoms with Crippen LogP contribution in [0.4, 0.5) is 11.4 Å². The van der Waals surface area contributed by atoms with Crippen LogP contribution in [0.5, 0.6) is 11.5 Å². The molecule has 0 radical (unpaired) electrons. The van der Waals surface area contributed by atoms with E-state index in [0.29, 0.717) is 23.3 Å². The van der Waals surface area contributed by atoms with Crippen molar-refractivity contribution in [3.05, 3.63) is 175 Å². The number of carboxylic acids is 1. The molecule has 364 valence electrons. The molecular weight excluding hydrogens is 923 g/mol. The number of halogens is 2. The molecule has 8 N–H and O–H groups in total. The van der Waals surface area contributed by atoms with Crippen LogP contribution in [0.3, 0.4) is 0 Å². The van der Waals surface area contributed by atoms with Crippen LogP contribution in [0.1, 0.15) is 110 Å². The second-order valence-electron chi connectivity index (χ2n) is 16.5. The van der Waals surface area contributed by atoms with E-state index in [-0.39, 0.29) is 85.3 Å². The molecule has 2 unspecified atom stereocenters. The number of allylic oxidation sites excluding steroid dienone is 2. The number of nitrogens with two attached hydrogens (primary N) is 2. The third-order valence-corrected chi connectivity index (χ3v) is 12.0. The molecule has 2 atom stereocenters. The molecule has 4 aromatic carbocycles. The van der Waals surface area contributed by atoms with Gasteiger partial charge in [0, 0.05) is 82.2 Å². The van der Waals surface area contributed by atoms with Crippen molar-refractivity contribution in [1.29, 1.82) is 0 Å². The fourth-order valence-electron chi connectivity index (χ4n) is 8.92. The number of aromatic carboxylic acids is 1. The normalized spacial score (nSPS) is 15.8. The molecular formula is C55H67Cl2N4NaO7. The number of anilines is 2. The SMILES string of the molecule is C.CCNc1cc2c(cc1C)C(c1ccccc1C(=O)O)=C1C=C(C)C([NH2+]CC)C=C1O2.CCNc1cc2c(cc1C)C(c1ccccc1C(=O)OCC)=C1C=C(C)C([NH2+]CC)C=C1O2.[Cl-].[Cl-].[Na+].[OH-]. The van der Waals surface area contributed by atoms with Crippen molar-refractivity contribution < 1.29 is 99.4 Å². The van der Waals surface area contributed by atoms with Gasteiger partial charge >= 0.3 is 41.5 Å². The maximum absolute atomic E-state index is 12.9. The van der Waals surface area contributed by atoms with E-state index >= 15 is 0 Å². The van der Waals surface area contributed by atoms with Crippen LogP contribution in [-0.2, 0) is 4.74 Å². The first-order valence-electron chi connectivity index (χ1n) is 22.6. The maximum atomic E-state index is 12.9. The summed E-state index contributed by atoms with van der Waals surface area (Å²) in [4.78, 5) is 24.9. The standard InChI is InChI=1S/C28H32N2O3.C26H28N2O3.CH4.2ClH.Na.H2O/c1-6-29-23-15-25-21(13-17(23)4)27(19-11-9-10-12-20(19)28(31)32-8-3)22-14-18(5)24(30-7-2)16-26(22)33-25;1-5-27-21-13-23-19(11-15(21)3)25(17-9-7-8-10-18(17)26(29)30)20-12-16(4)22(28-6-2)14-24(20)31-23;;;;;/h9-16,23,29-30H,6-8H2,1-5H3;7-14,21,27-28H,5-6H2,1-4H3,(H,29,30);1H4;2*1H;;1H2/q;;;;;+1;/p-1. The average molecular weight is 990 g/mol. The number of rotatable bonds is 13. The molecule has 8 rings (SSSR count). The van der Waals surface area contributed by atoms with E-state index in [1.165, 1.54) is 11.1 Å². The van der Waals surface area contributed by atoms with E-state index in [9.17, 15) is 14.7 Å². The number of likely N-dealkylation sites (N-methyl/N-ethyl adjacent to an activating group) is 2. The summed E-state index contributed by atoms with van der Waals surface area (Å²) in [5, 5.41) is 21.2. The number of nitrogens with one attached hydrogen (secondary N) is 2. The first kappa shape index (κ1) is 60.0. The van der Waals surface area contributed by atoms with Gasteiger partial charge in [-0.2, -0.15) is 0 Å². The third-order valence-electron chi connectivity index (χ3n) is 12.0. The molecule has 0 saturated carbocycles. The summed E-state index contributed by atoms with van der Waals surface area (Å²) in [7, 11) is 0. The van der Waals surface area contributed by atoms with Crippen LogP contribution in [0, 0.1) is 13.8 Å². The van der Waals surface area contributed by atoms with Gasteiger partial charge in [-0.15, -0.1) is 0 Å². The second kappa shape index (κ2) is 26.8. The largest absolute Gasteiger partial charge is 1.00 e. The number of esters is 1. The molecule has 0 saturated heterocycles. The van der Waals surface area contributed by atoms with Gasteiger partial charge in [-0.1, -0.05) is 43.8 Å². The Balaban J connectivity index is 0.000000442. The first-order valence-corrected chi connectivity index (χ1v) is 22.6. The van der Waals surface area contributed by atoms with E-state index in [4.69, 9.17) is 14.2 Å². The van der Waals surface area contributed by atoms with Crippen LogP contribution in [0.15, 0.2) is 131 Å². The molecule has 69 heavy (non-hydrogen) atoms. The maximum Gasteiger partial charge on any atom is 1.00 e. The number of carboxylic acid groups (broad SMARTS) is 1. The summed E-state index contributed by atoms with van der Waals surface area (Å²) < 4.78 is 18.3. The van der Waals surface area contributed by atoms with E-state index < -0.39 is 5.97 Å². The van der Waals surface area contributed by atoms with Gasteiger partial charge in [0.25, 0.3) is 0 Å². The fourth-order valence-corrected chi connectivity index (χ4v) is 8.92. The number of ether oxygens (including phenoxy) is 3. The van der Waals surface area contributed by atoms with Gasteiger partial charge in [-0.25, -0.2) is 9.59 Å². The topological polar surface area (TPSA) is 169 Å². The summed E-state index contributed by atoms with van der Waals surface area (Å²) in [5.41, 5.74) is 15.0. The fraction of sp³-hybridized carbons (Fsp3) is 0.309. The first-order chi connectivity index (χ1) is 30.9. The summed E-state index contributed by atoms with van der Waals surface area (Å²) in [6.07, 6.45) is 8.70. The molecule has 4 aliphatic rings. The zero-order valence-electron chi connectivity index (χ0n) is 40.8. The van der Waals surface area contributed by atoms with Gasteiger partial charge in [-0.05, 0) is 132 Å². The van der Waals surface area contributed by atoms with Crippen LogP contribution in [-0.4, -0.2) is 67.4 Å². The van der Waals surface area contributed by atoms with E-state index in [1.807, 2.05) is 49.4 Å². The van der Waals surface area contributed by atoms with Crippen LogP contribution in [0.25, 0.3) is 11.1 Å². The number of hydrogen-bond donors (Lipinski definition) is 5. The minimum absolute atomic E-state index is 0. The molecule has 4 aromatic rings. The van der Waals surface area contributed by atoms with Crippen molar-refractivity contribution in [3.8, 4) is 11.5 Å². The summed E-state index contributed by atoms with van der Waals surface area (Å²) in [5.74, 6) is 1.92. The van der Waals surface area contributed by atoms with Gasteiger partial charge in [0.2, 0.25) is 0 Å². The predicted molar refractivity (Wildman–Crippen MR) is 265 cm³/mol. The number of aryl methyl sites for hydroxylation is 2. The molecule has 2 heterocycles. The number of benzene rings is 4. The average Bonchev–Trinajstić information content (AvgIpc) is 3.27. The van der Waals surface area contributed by atoms with E-state index in [1.54, 1.807) is 12.1 Å². The van der Waals surface area contributed by atoms with Crippen LogP contribution >= 0.6 is 0 Å². The molecule has 0 amide bonds.